The molecule has 0 atom stereocenters. The molecule has 22 heteroatoms. The number of unbranched alkanes of at least 4 members (excludes halogenated alkanes) is 1. The second-order valence-corrected chi connectivity index (χ2v) is 18.3. The van der Waals surface area contributed by atoms with Gasteiger partial charge in [0.25, 0.3) is 5.91 Å². The Labute approximate surface area is 424 Å². The number of carboxylic acids is 5. The fraction of sp³-hybridized carbons (Fsp3) is 0.365. The molecule has 6 aromatic heterocycles. The highest BCUT2D eigenvalue weighted by molar-refractivity contribution is 5.99. The minimum atomic E-state index is -1.31. The average molecular weight is 1020 g/mol. The van der Waals surface area contributed by atoms with Crippen molar-refractivity contribution in [2.75, 3.05) is 52.4 Å². The van der Waals surface area contributed by atoms with Crippen LogP contribution in [0.3, 0.4) is 0 Å². The van der Waals surface area contributed by atoms with Crippen molar-refractivity contribution in [3.8, 4) is 34.0 Å². The number of carbonyl (C=O) groups excluding carboxylic acids is 1. The van der Waals surface area contributed by atoms with E-state index in [9.17, 15) is 54.3 Å². The van der Waals surface area contributed by atoms with Crippen LogP contribution in [-0.4, -0.2) is 143 Å². The van der Waals surface area contributed by atoms with E-state index in [0.29, 0.717) is 126 Å². The number of carboxylic acid groups (broad SMARTS) is 5. The third-order valence-corrected chi connectivity index (χ3v) is 13.0. The molecular weight excluding hydrogens is 961 g/mol. The fourth-order valence-corrected chi connectivity index (χ4v) is 9.39. The van der Waals surface area contributed by atoms with Gasteiger partial charge < -0.3 is 49.8 Å². The smallest absolute Gasteiger partial charge is 0.354 e. The zero-order valence-corrected chi connectivity index (χ0v) is 41.8. The Kier molecular flexibility index (Phi) is 16.6. The summed E-state index contributed by atoms with van der Waals surface area (Å²) in [5.74, 6) is -5.25. The number of pyridine rings is 3. The number of rotatable bonds is 19. The summed E-state index contributed by atoms with van der Waals surface area (Å²) in [6, 6.07) is 9.06. The molecule has 1 fully saturated rings. The minimum Gasteiger partial charge on any atom is -0.478 e. The first kappa shape index (κ1) is 53.7. The lowest BCUT2D eigenvalue weighted by molar-refractivity contribution is 0.0679. The zero-order valence-electron chi connectivity index (χ0n) is 41.8. The van der Waals surface area contributed by atoms with Crippen molar-refractivity contribution in [1.82, 2.24) is 35.0 Å². The van der Waals surface area contributed by atoms with E-state index in [1.165, 1.54) is 32.0 Å². The Morgan fingerprint density at radius 3 is 1.08 bits per heavy atom. The van der Waals surface area contributed by atoms with Crippen molar-refractivity contribution in [3.63, 3.8) is 0 Å². The molecule has 1 amide bonds. The monoisotopic (exact) mass is 1020 g/mol. The van der Waals surface area contributed by atoms with Crippen molar-refractivity contribution in [2.45, 2.75) is 74.0 Å². The lowest BCUT2D eigenvalue weighted by atomic mass is 10.0. The van der Waals surface area contributed by atoms with E-state index >= 15 is 0 Å². The number of carbonyl (C=O) groups is 6. The molecule has 8 N–H and O–H groups in total. The molecule has 0 aliphatic carbocycles. The lowest BCUT2D eigenvalue weighted by Crippen LogP contribution is -2.36. The van der Waals surface area contributed by atoms with E-state index < -0.39 is 29.8 Å². The lowest BCUT2D eigenvalue weighted by Gasteiger charge is -2.25. The number of nitrogens with zero attached hydrogens (tertiary/aromatic N) is 6. The maximum absolute atomic E-state index is 13.3. The van der Waals surface area contributed by atoms with Crippen LogP contribution in [-0.2, 0) is 19.6 Å². The highest BCUT2D eigenvalue weighted by atomic mass is 16.4. The number of hydrogen-bond acceptors (Lipinski definition) is 16. The average Bonchev–Trinajstić information content (AvgIpc) is 3.96. The van der Waals surface area contributed by atoms with Crippen molar-refractivity contribution in [1.29, 1.82) is 0 Å². The molecule has 0 aromatic carbocycles. The summed E-state index contributed by atoms with van der Waals surface area (Å²) < 4.78 is 17.9. The van der Waals surface area contributed by atoms with Gasteiger partial charge in [-0.3, -0.25) is 19.5 Å². The first-order valence-corrected chi connectivity index (χ1v) is 23.8. The van der Waals surface area contributed by atoms with Gasteiger partial charge in [0.2, 0.25) is 0 Å². The van der Waals surface area contributed by atoms with E-state index in [1.807, 2.05) is 9.80 Å². The van der Waals surface area contributed by atoms with E-state index in [4.69, 9.17) is 19.0 Å². The molecular formula is C52H58N8O14. The molecule has 390 valence electrons. The Bertz CT molecular complexity index is 3030. The van der Waals surface area contributed by atoms with Gasteiger partial charge >= 0.3 is 29.8 Å². The van der Waals surface area contributed by atoms with E-state index in [2.05, 4.69) is 25.2 Å². The molecule has 6 aromatic rings. The second kappa shape index (κ2) is 22.8. The van der Waals surface area contributed by atoms with Crippen LogP contribution in [0.2, 0.25) is 0 Å². The highest BCUT2D eigenvalue weighted by Gasteiger charge is 2.28. The van der Waals surface area contributed by atoms with Crippen molar-refractivity contribution < 1.29 is 67.6 Å². The van der Waals surface area contributed by atoms with Crippen molar-refractivity contribution in [3.05, 3.63) is 121 Å². The summed E-state index contributed by atoms with van der Waals surface area (Å²) in [4.78, 5) is 94.6. The standard InChI is InChI=1S/C52H58N8O14/c1-26-41(47(61)54-10-8-7-9-53)29(4)72-44(26)32-17-35(55-38(20-32)48(62)63)23-58-11-13-59(24-36-18-33(21-39(56-36)49(64)65)45-27(2)42(51(68)69)30(5)73-45)15-16-60(14-12-58)25-37-19-34(22-40(57-37)50(66)67)46-28(3)43(52(70)71)31(6)74-46/h17-22H,7-16,23-25,53H2,1-6H3,(H,54,61)(H,62,63)(H,64,65)(H,66,67)(H,68,69)(H,70,71). The molecule has 22 nitrogen and oxygen atoms in total. The first-order valence-electron chi connectivity index (χ1n) is 23.8. The number of amides is 1. The van der Waals surface area contributed by atoms with Crippen LogP contribution in [0, 0.1) is 41.5 Å². The molecule has 1 aliphatic rings. The second-order valence-electron chi connectivity index (χ2n) is 18.3. The van der Waals surface area contributed by atoms with Gasteiger partial charge in [-0.25, -0.2) is 38.9 Å². The van der Waals surface area contributed by atoms with E-state index in [0.717, 1.165) is 6.42 Å². The van der Waals surface area contributed by atoms with Crippen LogP contribution in [0.15, 0.2) is 49.6 Å². The maximum atomic E-state index is 13.3. The van der Waals surface area contributed by atoms with Gasteiger partial charge in [-0.2, -0.15) is 0 Å². The third-order valence-electron chi connectivity index (χ3n) is 13.0. The van der Waals surface area contributed by atoms with Gasteiger partial charge in [-0.15, -0.1) is 0 Å². The maximum Gasteiger partial charge on any atom is 0.354 e. The molecule has 7 rings (SSSR count). The number of aromatic carboxylic acids is 5. The third kappa shape index (κ3) is 12.1. The molecule has 0 unspecified atom stereocenters. The Morgan fingerprint density at radius 1 is 0.486 bits per heavy atom. The predicted octanol–water partition coefficient (Wildman–Crippen LogP) is 6.28. The molecule has 0 bridgehead atoms. The van der Waals surface area contributed by atoms with Gasteiger partial charge in [0.05, 0.1) is 22.6 Å². The van der Waals surface area contributed by atoms with Crippen LogP contribution in [0.25, 0.3) is 34.0 Å². The number of aryl methyl sites for hydroxylation is 3. The largest absolute Gasteiger partial charge is 0.478 e. The van der Waals surface area contributed by atoms with Gasteiger partial charge in [0.1, 0.15) is 62.8 Å². The minimum absolute atomic E-state index is 0.0304. The predicted molar refractivity (Wildman–Crippen MR) is 265 cm³/mol. The summed E-state index contributed by atoms with van der Waals surface area (Å²) in [5.41, 5.74) is 8.36. The van der Waals surface area contributed by atoms with Crippen LogP contribution in [0.4, 0.5) is 0 Å². The topological polar surface area (TPSA) is 329 Å². The molecule has 1 saturated heterocycles. The quantitative estimate of drug-likeness (QED) is 0.0439. The Hall–Kier alpha value is -8.05. The zero-order chi connectivity index (χ0) is 53.7. The number of nitrogens with one attached hydrogen (secondary N) is 1. The van der Waals surface area contributed by atoms with Crippen LogP contribution in [0.5, 0.6) is 0 Å². The fourth-order valence-electron chi connectivity index (χ4n) is 9.39. The van der Waals surface area contributed by atoms with Crippen molar-refractivity contribution in [2.24, 2.45) is 5.73 Å². The molecule has 0 radical (unpaired) electrons. The number of nitrogens with two attached hydrogens (primary N) is 1. The molecule has 7 heterocycles. The van der Waals surface area contributed by atoms with Gasteiger partial charge in [0, 0.05) is 98.8 Å². The summed E-state index contributed by atoms with van der Waals surface area (Å²) in [5, 5.41) is 53.2. The Balaban J connectivity index is 1.24. The van der Waals surface area contributed by atoms with Gasteiger partial charge in [-0.1, -0.05) is 0 Å². The number of hydrogen-bond donors (Lipinski definition) is 7. The highest BCUT2D eigenvalue weighted by Crippen LogP contribution is 2.35. The van der Waals surface area contributed by atoms with E-state index in [1.54, 1.807) is 45.9 Å². The molecule has 1 aliphatic heterocycles. The van der Waals surface area contributed by atoms with Crippen molar-refractivity contribution >= 4 is 35.8 Å². The number of furan rings is 3. The van der Waals surface area contributed by atoms with Crippen LogP contribution < -0.4 is 11.1 Å². The van der Waals surface area contributed by atoms with Gasteiger partial charge in [-0.05, 0) is 97.3 Å². The summed E-state index contributed by atoms with van der Waals surface area (Å²) in [7, 11) is 0. The number of aromatic nitrogens is 3. The molecule has 0 spiro atoms. The molecule has 74 heavy (non-hydrogen) atoms. The Morgan fingerprint density at radius 2 is 0.797 bits per heavy atom. The summed E-state index contributed by atoms with van der Waals surface area (Å²) >= 11 is 0. The SMILES string of the molecule is Cc1oc(-c2cc(CN3CCN(Cc4cc(-c5oc(C)c(C(=O)O)c5C)cc(C(=O)O)n4)CCN(Cc4cc(-c5oc(C)c(C(=O)NCCCCN)c5C)cc(C(=O)O)n4)CC3)nc(C(=O)O)c2)c(C)c1C(=O)O. The normalized spacial score (nSPS) is 13.8. The van der Waals surface area contributed by atoms with E-state index in [-0.39, 0.29) is 76.8 Å². The summed E-state index contributed by atoms with van der Waals surface area (Å²) in [6.45, 7) is 13.2. The van der Waals surface area contributed by atoms with Crippen LogP contribution >= 0.6 is 0 Å². The van der Waals surface area contributed by atoms with Crippen LogP contribution in [0.1, 0.15) is 126 Å². The first-order chi connectivity index (χ1) is 35.1. The molecule has 0 saturated carbocycles. The summed E-state index contributed by atoms with van der Waals surface area (Å²) in [6.07, 6.45) is 1.44. The van der Waals surface area contributed by atoms with Gasteiger partial charge in [0.15, 0.2) is 0 Å².